The van der Waals surface area contributed by atoms with Crippen molar-refractivity contribution < 1.29 is 4.74 Å². The molecule has 0 amide bonds. The molecule has 2 rings (SSSR count). The van der Waals surface area contributed by atoms with Gasteiger partial charge < -0.3 is 10.1 Å². The SMILES string of the molecule is CC(C)C1CCSC(=NCC2CCCOC2)N1. The molecular weight excluding hydrogens is 232 g/mol. The minimum atomic E-state index is 0.609. The van der Waals surface area contributed by atoms with Gasteiger partial charge in [0.05, 0.1) is 6.61 Å². The predicted molar refractivity (Wildman–Crippen MR) is 74.7 cm³/mol. The molecule has 3 nitrogen and oxygen atoms in total. The van der Waals surface area contributed by atoms with E-state index in [1.165, 1.54) is 25.0 Å². The zero-order valence-electron chi connectivity index (χ0n) is 10.9. The topological polar surface area (TPSA) is 33.6 Å². The Morgan fingerprint density at radius 3 is 3.06 bits per heavy atom. The molecule has 2 saturated heterocycles. The summed E-state index contributed by atoms with van der Waals surface area (Å²) in [6.45, 7) is 7.32. The third kappa shape index (κ3) is 4.18. The summed E-state index contributed by atoms with van der Waals surface area (Å²) < 4.78 is 5.48. The molecule has 2 aliphatic rings. The molecule has 0 spiro atoms. The van der Waals surface area contributed by atoms with E-state index >= 15 is 0 Å². The number of aliphatic imine (C=N–C) groups is 1. The van der Waals surface area contributed by atoms with Crippen molar-refractivity contribution in [2.75, 3.05) is 25.5 Å². The molecule has 4 heteroatoms. The van der Waals surface area contributed by atoms with Crippen LogP contribution in [0.15, 0.2) is 4.99 Å². The van der Waals surface area contributed by atoms with Crippen LogP contribution < -0.4 is 5.32 Å². The summed E-state index contributed by atoms with van der Waals surface area (Å²) >= 11 is 1.87. The standard InChI is InChI=1S/C13H24N2OS/c1-10(2)12-5-7-17-13(15-12)14-8-11-4-3-6-16-9-11/h10-12H,3-9H2,1-2H3,(H,14,15). The molecule has 0 radical (unpaired) electrons. The van der Waals surface area contributed by atoms with Crippen LogP contribution >= 0.6 is 11.8 Å². The van der Waals surface area contributed by atoms with Crippen molar-refractivity contribution in [3.05, 3.63) is 0 Å². The Hall–Kier alpha value is -0.220. The van der Waals surface area contributed by atoms with Crippen LogP contribution in [0, 0.1) is 11.8 Å². The highest BCUT2D eigenvalue weighted by Crippen LogP contribution is 2.20. The summed E-state index contributed by atoms with van der Waals surface area (Å²) in [7, 11) is 0. The summed E-state index contributed by atoms with van der Waals surface area (Å²) in [5.74, 6) is 2.53. The van der Waals surface area contributed by atoms with E-state index in [9.17, 15) is 0 Å². The summed E-state index contributed by atoms with van der Waals surface area (Å²) in [5, 5.41) is 4.72. The van der Waals surface area contributed by atoms with Crippen molar-refractivity contribution in [3.63, 3.8) is 0 Å². The summed E-state index contributed by atoms with van der Waals surface area (Å²) in [4.78, 5) is 4.73. The molecular formula is C13H24N2OS. The molecule has 2 unspecified atom stereocenters. The predicted octanol–water partition coefficient (Wildman–Crippen LogP) is 2.52. The zero-order valence-corrected chi connectivity index (χ0v) is 11.8. The molecule has 0 saturated carbocycles. The smallest absolute Gasteiger partial charge is 0.156 e. The van der Waals surface area contributed by atoms with Crippen LogP contribution in [0.5, 0.6) is 0 Å². The molecule has 2 fully saturated rings. The fourth-order valence-electron chi connectivity index (χ4n) is 2.31. The molecule has 2 aliphatic heterocycles. The Labute approximate surface area is 109 Å². The van der Waals surface area contributed by atoms with Crippen molar-refractivity contribution in [1.82, 2.24) is 5.32 Å². The Morgan fingerprint density at radius 1 is 1.47 bits per heavy atom. The molecule has 0 aromatic rings. The van der Waals surface area contributed by atoms with Gasteiger partial charge in [-0.2, -0.15) is 0 Å². The molecule has 0 aliphatic carbocycles. The lowest BCUT2D eigenvalue weighted by Crippen LogP contribution is -2.41. The number of ether oxygens (including phenoxy) is 1. The minimum Gasteiger partial charge on any atom is -0.381 e. The molecule has 0 aromatic heterocycles. The molecule has 2 atom stereocenters. The highest BCUT2D eigenvalue weighted by molar-refractivity contribution is 8.13. The molecule has 0 bridgehead atoms. The van der Waals surface area contributed by atoms with Gasteiger partial charge in [0, 0.05) is 30.9 Å². The maximum Gasteiger partial charge on any atom is 0.156 e. The van der Waals surface area contributed by atoms with Crippen LogP contribution in [0.25, 0.3) is 0 Å². The lowest BCUT2D eigenvalue weighted by Gasteiger charge is -2.29. The van der Waals surface area contributed by atoms with Crippen LogP contribution in [0.1, 0.15) is 33.1 Å². The van der Waals surface area contributed by atoms with E-state index in [2.05, 4.69) is 19.2 Å². The minimum absolute atomic E-state index is 0.609. The van der Waals surface area contributed by atoms with E-state index < -0.39 is 0 Å². The number of thioether (sulfide) groups is 1. The van der Waals surface area contributed by atoms with Crippen LogP contribution in [0.3, 0.4) is 0 Å². The van der Waals surface area contributed by atoms with E-state index in [0.29, 0.717) is 17.9 Å². The average Bonchev–Trinajstić information content (AvgIpc) is 2.38. The van der Waals surface area contributed by atoms with E-state index in [1.54, 1.807) is 0 Å². The second-order valence-electron chi connectivity index (χ2n) is 5.36. The first-order valence-electron chi connectivity index (χ1n) is 6.77. The second kappa shape index (κ2) is 6.64. The van der Waals surface area contributed by atoms with Crippen LogP contribution in [0.4, 0.5) is 0 Å². The number of hydrogen-bond donors (Lipinski definition) is 1. The zero-order chi connectivity index (χ0) is 12.1. The maximum atomic E-state index is 5.48. The second-order valence-corrected chi connectivity index (χ2v) is 6.44. The molecule has 0 aromatic carbocycles. The Balaban J connectivity index is 1.79. The summed E-state index contributed by atoms with van der Waals surface area (Å²) in [6, 6.07) is 0.609. The highest BCUT2D eigenvalue weighted by Gasteiger charge is 2.20. The van der Waals surface area contributed by atoms with Crippen LogP contribution in [-0.4, -0.2) is 36.7 Å². The van der Waals surface area contributed by atoms with Gasteiger partial charge in [-0.1, -0.05) is 25.6 Å². The van der Waals surface area contributed by atoms with E-state index in [1.807, 2.05) is 11.8 Å². The Kier molecular flexibility index (Phi) is 5.16. The lowest BCUT2D eigenvalue weighted by molar-refractivity contribution is 0.0582. The van der Waals surface area contributed by atoms with Crippen molar-refractivity contribution in [2.45, 2.75) is 39.2 Å². The first kappa shape index (κ1) is 13.2. The van der Waals surface area contributed by atoms with E-state index in [-0.39, 0.29) is 0 Å². The lowest BCUT2D eigenvalue weighted by atomic mass is 10.0. The molecule has 17 heavy (non-hydrogen) atoms. The van der Waals surface area contributed by atoms with Gasteiger partial charge in [-0.05, 0) is 25.2 Å². The summed E-state index contributed by atoms with van der Waals surface area (Å²) in [5.41, 5.74) is 0. The van der Waals surface area contributed by atoms with Gasteiger partial charge in [0.15, 0.2) is 5.17 Å². The first-order chi connectivity index (χ1) is 8.25. The largest absolute Gasteiger partial charge is 0.381 e. The van der Waals surface area contributed by atoms with E-state index in [0.717, 1.165) is 24.9 Å². The Bertz CT molecular complexity index is 262. The van der Waals surface area contributed by atoms with Crippen molar-refractivity contribution in [3.8, 4) is 0 Å². The van der Waals surface area contributed by atoms with Crippen LogP contribution in [0.2, 0.25) is 0 Å². The van der Waals surface area contributed by atoms with Gasteiger partial charge in [-0.25, -0.2) is 0 Å². The average molecular weight is 256 g/mol. The number of rotatable bonds is 3. The molecule has 2 heterocycles. The van der Waals surface area contributed by atoms with Crippen LogP contribution in [-0.2, 0) is 4.74 Å². The highest BCUT2D eigenvalue weighted by atomic mass is 32.2. The van der Waals surface area contributed by atoms with Gasteiger partial charge in [0.1, 0.15) is 0 Å². The fourth-order valence-corrected chi connectivity index (χ4v) is 3.28. The van der Waals surface area contributed by atoms with Gasteiger partial charge >= 0.3 is 0 Å². The third-order valence-electron chi connectivity index (χ3n) is 3.53. The molecule has 98 valence electrons. The normalized spacial score (nSPS) is 32.8. The van der Waals surface area contributed by atoms with Gasteiger partial charge in [0.2, 0.25) is 0 Å². The quantitative estimate of drug-likeness (QED) is 0.842. The maximum absolute atomic E-state index is 5.48. The van der Waals surface area contributed by atoms with Gasteiger partial charge in [0.25, 0.3) is 0 Å². The van der Waals surface area contributed by atoms with Crippen molar-refractivity contribution in [2.24, 2.45) is 16.8 Å². The number of nitrogens with zero attached hydrogens (tertiary/aromatic N) is 1. The van der Waals surface area contributed by atoms with Crippen molar-refractivity contribution >= 4 is 16.9 Å². The number of hydrogen-bond acceptors (Lipinski definition) is 3. The third-order valence-corrected chi connectivity index (χ3v) is 4.49. The number of amidine groups is 1. The fraction of sp³-hybridized carbons (Fsp3) is 0.923. The summed E-state index contributed by atoms with van der Waals surface area (Å²) in [6.07, 6.45) is 3.73. The van der Waals surface area contributed by atoms with Crippen molar-refractivity contribution in [1.29, 1.82) is 0 Å². The van der Waals surface area contributed by atoms with E-state index in [4.69, 9.17) is 9.73 Å². The first-order valence-corrected chi connectivity index (χ1v) is 7.76. The Morgan fingerprint density at radius 2 is 2.35 bits per heavy atom. The van der Waals surface area contributed by atoms with Gasteiger partial charge in [-0.15, -0.1) is 0 Å². The molecule has 1 N–H and O–H groups in total. The van der Waals surface area contributed by atoms with Gasteiger partial charge in [-0.3, -0.25) is 4.99 Å². The monoisotopic (exact) mass is 256 g/mol. The number of nitrogens with one attached hydrogen (secondary N) is 1.